The Morgan fingerprint density at radius 2 is 1.69 bits per heavy atom. The Balaban J connectivity index is 1.39. The molecule has 1 amide bonds. The second-order valence-electron chi connectivity index (χ2n) is 8.20. The van der Waals surface area contributed by atoms with Crippen LogP contribution in [0.15, 0.2) is 66.0 Å². The van der Waals surface area contributed by atoms with Crippen LogP contribution < -0.4 is 5.73 Å². The first-order chi connectivity index (χ1) is 16.7. The Bertz CT molecular complexity index is 1530. The van der Waals surface area contributed by atoms with Crippen molar-refractivity contribution in [3.8, 4) is 22.6 Å². The number of amides is 1. The number of nitrogens with zero attached hydrogens (tertiary/aromatic N) is 2. The van der Waals surface area contributed by atoms with Crippen molar-refractivity contribution in [1.82, 2.24) is 15.0 Å². The van der Waals surface area contributed by atoms with Gasteiger partial charge < -0.3 is 10.7 Å². The number of halogens is 3. The lowest BCUT2D eigenvalue weighted by Crippen LogP contribution is -2.10. The van der Waals surface area contributed by atoms with E-state index in [9.17, 15) is 18.0 Å². The van der Waals surface area contributed by atoms with Crippen LogP contribution in [-0.2, 0) is 12.6 Å². The molecule has 0 fully saturated rings. The van der Waals surface area contributed by atoms with Gasteiger partial charge in [-0.25, -0.2) is 9.97 Å². The van der Waals surface area contributed by atoms with Crippen molar-refractivity contribution in [2.45, 2.75) is 19.5 Å². The van der Waals surface area contributed by atoms with Crippen LogP contribution in [-0.4, -0.2) is 20.9 Å². The van der Waals surface area contributed by atoms with Crippen molar-refractivity contribution in [3.05, 3.63) is 93.3 Å². The number of carbonyl (C=O) groups is 1. The molecule has 2 heterocycles. The third-order valence-electron chi connectivity index (χ3n) is 5.78. The highest BCUT2D eigenvalue weighted by Crippen LogP contribution is 2.31. The van der Waals surface area contributed by atoms with E-state index in [2.05, 4.69) is 9.97 Å². The van der Waals surface area contributed by atoms with Gasteiger partial charge >= 0.3 is 6.18 Å². The summed E-state index contributed by atoms with van der Waals surface area (Å²) in [5.41, 5.74) is 11.0. The van der Waals surface area contributed by atoms with Crippen LogP contribution in [0, 0.1) is 6.92 Å². The molecular weight excluding hydrogens is 473 g/mol. The molecule has 5 aromatic rings. The highest BCUT2D eigenvalue weighted by molar-refractivity contribution is 7.10. The smallest absolute Gasteiger partial charge is 0.366 e. The second-order valence-corrected chi connectivity index (χ2v) is 9.14. The Morgan fingerprint density at radius 1 is 1.00 bits per heavy atom. The van der Waals surface area contributed by atoms with Crippen LogP contribution in [0.2, 0.25) is 0 Å². The van der Waals surface area contributed by atoms with Gasteiger partial charge in [0.25, 0.3) is 0 Å². The van der Waals surface area contributed by atoms with Crippen molar-refractivity contribution in [3.63, 3.8) is 0 Å². The maximum atomic E-state index is 12.9. The number of nitrogens with one attached hydrogen (secondary N) is 1. The van der Waals surface area contributed by atoms with E-state index >= 15 is 0 Å². The number of fused-ring (bicyclic) bond motifs is 1. The van der Waals surface area contributed by atoms with Gasteiger partial charge in [0.15, 0.2) is 0 Å². The molecule has 0 aliphatic rings. The van der Waals surface area contributed by atoms with E-state index in [1.54, 1.807) is 23.5 Å². The van der Waals surface area contributed by atoms with E-state index < -0.39 is 17.6 Å². The summed E-state index contributed by atoms with van der Waals surface area (Å²) in [5.74, 6) is 0.0439. The van der Waals surface area contributed by atoms with Gasteiger partial charge in [0, 0.05) is 28.5 Å². The van der Waals surface area contributed by atoms with Crippen LogP contribution in [0.4, 0.5) is 13.2 Å². The quantitative estimate of drug-likeness (QED) is 0.299. The zero-order chi connectivity index (χ0) is 24.7. The van der Waals surface area contributed by atoms with Gasteiger partial charge in [-0.3, -0.25) is 4.79 Å². The molecule has 0 atom stereocenters. The number of benzene rings is 3. The average molecular weight is 493 g/mol. The molecule has 5 nitrogen and oxygen atoms in total. The molecule has 0 unspecified atom stereocenters. The van der Waals surface area contributed by atoms with Crippen LogP contribution in [0.5, 0.6) is 0 Å². The average Bonchev–Trinajstić information content (AvgIpc) is 3.46. The number of nitrogens with two attached hydrogens (primary N) is 1. The van der Waals surface area contributed by atoms with E-state index in [0.717, 1.165) is 50.6 Å². The van der Waals surface area contributed by atoms with Crippen LogP contribution >= 0.6 is 11.3 Å². The van der Waals surface area contributed by atoms with Crippen LogP contribution in [0.3, 0.4) is 0 Å². The number of aryl methyl sites for hydroxylation is 1. The van der Waals surface area contributed by atoms with Gasteiger partial charge in [-0.05, 0) is 54.4 Å². The molecule has 0 saturated heterocycles. The highest BCUT2D eigenvalue weighted by Gasteiger charge is 2.30. The molecule has 3 N–H and O–H groups in total. The lowest BCUT2D eigenvalue weighted by atomic mass is 10.0. The normalized spacial score (nSPS) is 11.8. The minimum atomic E-state index is -4.37. The standard InChI is InChI=1S/C26H19F3N4OS/c1-14-10-20-21(33-25(32-20)17-6-8-19(9-7-17)26(27,28)29)11-18(14)12-23-31-22(13-35-23)15-2-4-16(5-3-15)24(30)34/h2-11,13H,12H2,1H3,(H2,30,34)(H,32,33). The van der Waals surface area contributed by atoms with Gasteiger partial charge in [0.05, 0.1) is 27.3 Å². The molecule has 0 aliphatic carbocycles. The van der Waals surface area contributed by atoms with E-state index in [1.807, 2.05) is 36.6 Å². The van der Waals surface area contributed by atoms with E-state index in [-0.39, 0.29) is 0 Å². The molecule has 9 heteroatoms. The molecule has 3 aromatic carbocycles. The third kappa shape index (κ3) is 4.67. The van der Waals surface area contributed by atoms with E-state index in [0.29, 0.717) is 23.4 Å². The summed E-state index contributed by atoms with van der Waals surface area (Å²) < 4.78 is 38.6. The van der Waals surface area contributed by atoms with Gasteiger partial charge in [-0.1, -0.05) is 24.3 Å². The zero-order valence-electron chi connectivity index (χ0n) is 18.5. The Kier molecular flexibility index (Phi) is 5.64. The molecule has 0 aliphatic heterocycles. The second kappa shape index (κ2) is 8.66. The monoisotopic (exact) mass is 492 g/mol. The molecule has 35 heavy (non-hydrogen) atoms. The fraction of sp³-hybridized carbons (Fsp3) is 0.115. The first kappa shape index (κ1) is 22.8. The van der Waals surface area contributed by atoms with Crippen molar-refractivity contribution < 1.29 is 18.0 Å². The minimum absolute atomic E-state index is 0.447. The molecule has 0 bridgehead atoms. The zero-order valence-corrected chi connectivity index (χ0v) is 19.3. The summed E-state index contributed by atoms with van der Waals surface area (Å²) in [7, 11) is 0. The first-order valence-electron chi connectivity index (χ1n) is 10.7. The fourth-order valence-corrected chi connectivity index (χ4v) is 4.67. The topological polar surface area (TPSA) is 84.7 Å². The summed E-state index contributed by atoms with van der Waals surface area (Å²) in [6.45, 7) is 2.00. The molecule has 0 saturated carbocycles. The van der Waals surface area contributed by atoms with E-state index in [4.69, 9.17) is 10.7 Å². The Labute approximate surface area is 202 Å². The molecule has 2 aromatic heterocycles. The molecular formula is C26H19F3N4OS. The van der Waals surface area contributed by atoms with Crippen molar-refractivity contribution in [1.29, 1.82) is 0 Å². The number of aromatic amines is 1. The number of aromatic nitrogens is 3. The SMILES string of the molecule is Cc1cc2[nH]c(-c3ccc(C(F)(F)F)cc3)nc2cc1Cc1nc(-c2ccc(C(N)=O)cc2)cs1. The predicted molar refractivity (Wildman–Crippen MR) is 130 cm³/mol. The lowest BCUT2D eigenvalue weighted by molar-refractivity contribution is -0.137. The van der Waals surface area contributed by atoms with Gasteiger partial charge in [-0.2, -0.15) is 13.2 Å². The van der Waals surface area contributed by atoms with Gasteiger partial charge in [0.2, 0.25) is 5.91 Å². The summed E-state index contributed by atoms with van der Waals surface area (Å²) in [6, 6.07) is 15.9. The van der Waals surface area contributed by atoms with E-state index in [1.165, 1.54) is 12.1 Å². The van der Waals surface area contributed by atoms with Crippen molar-refractivity contribution >= 4 is 28.3 Å². The number of thiazole rings is 1. The number of alkyl halides is 3. The largest absolute Gasteiger partial charge is 0.416 e. The fourth-order valence-electron chi connectivity index (χ4n) is 3.85. The van der Waals surface area contributed by atoms with Crippen LogP contribution in [0.1, 0.15) is 32.1 Å². The van der Waals surface area contributed by atoms with Gasteiger partial charge in [-0.15, -0.1) is 11.3 Å². The van der Waals surface area contributed by atoms with Crippen molar-refractivity contribution in [2.24, 2.45) is 5.73 Å². The van der Waals surface area contributed by atoms with Gasteiger partial charge in [0.1, 0.15) is 5.82 Å². The molecule has 0 radical (unpaired) electrons. The Morgan fingerprint density at radius 3 is 2.34 bits per heavy atom. The minimum Gasteiger partial charge on any atom is -0.366 e. The Hall–Kier alpha value is -3.98. The summed E-state index contributed by atoms with van der Waals surface area (Å²) >= 11 is 1.55. The number of imidazole rings is 1. The van der Waals surface area contributed by atoms with Crippen molar-refractivity contribution in [2.75, 3.05) is 0 Å². The van der Waals surface area contributed by atoms with Crippen LogP contribution in [0.25, 0.3) is 33.7 Å². The summed E-state index contributed by atoms with van der Waals surface area (Å²) in [6.07, 6.45) is -3.75. The third-order valence-corrected chi connectivity index (χ3v) is 6.63. The highest BCUT2D eigenvalue weighted by atomic mass is 32.1. The predicted octanol–water partition coefficient (Wildman–Crippen LogP) is 6.37. The summed E-state index contributed by atoms with van der Waals surface area (Å²) in [4.78, 5) is 23.8. The number of primary amides is 1. The molecule has 176 valence electrons. The maximum absolute atomic E-state index is 12.9. The molecule has 0 spiro atoms. The summed E-state index contributed by atoms with van der Waals surface area (Å²) in [5, 5.41) is 2.90. The first-order valence-corrected chi connectivity index (χ1v) is 11.6. The number of rotatable bonds is 5. The maximum Gasteiger partial charge on any atom is 0.416 e. The molecule has 5 rings (SSSR count). The number of carbonyl (C=O) groups excluding carboxylic acids is 1. The number of H-pyrrole nitrogens is 1. The number of hydrogen-bond acceptors (Lipinski definition) is 4. The number of hydrogen-bond donors (Lipinski definition) is 2. The lowest BCUT2D eigenvalue weighted by Gasteiger charge is -2.06.